The molecule has 3 aromatic heterocycles. The summed E-state index contributed by atoms with van der Waals surface area (Å²) in [6, 6.07) is 10.2. The Labute approximate surface area is 196 Å². The topological polar surface area (TPSA) is 140 Å². The third-order valence-electron chi connectivity index (χ3n) is 6.36. The third kappa shape index (κ3) is 4.62. The van der Waals surface area contributed by atoms with Gasteiger partial charge in [0.05, 0.1) is 18.8 Å². The molecule has 0 radical (unpaired) electrons. The van der Waals surface area contributed by atoms with Gasteiger partial charge in [-0.3, -0.25) is 9.67 Å². The number of pyridine rings is 1. The number of benzene rings is 1. The number of nitrogen functional groups attached to an aromatic ring is 1. The number of H-pyrrole nitrogens is 1. The molecule has 0 saturated heterocycles. The maximum absolute atomic E-state index is 9.73. The van der Waals surface area contributed by atoms with Crippen molar-refractivity contribution in [3.05, 3.63) is 59.4 Å². The first kappa shape index (κ1) is 22.0. The van der Waals surface area contributed by atoms with Crippen LogP contribution in [0.5, 0.6) is 5.75 Å². The second-order valence-electron chi connectivity index (χ2n) is 8.72. The van der Waals surface area contributed by atoms with E-state index in [4.69, 9.17) is 10.5 Å². The second kappa shape index (κ2) is 9.60. The van der Waals surface area contributed by atoms with E-state index < -0.39 is 0 Å². The number of anilines is 1. The molecule has 10 nitrogen and oxygen atoms in total. The van der Waals surface area contributed by atoms with E-state index in [0.717, 1.165) is 41.7 Å². The van der Waals surface area contributed by atoms with E-state index in [2.05, 4.69) is 49.3 Å². The molecule has 1 fully saturated rings. The Balaban J connectivity index is 1.34. The Bertz CT molecular complexity index is 1280. The van der Waals surface area contributed by atoms with E-state index in [9.17, 15) is 5.11 Å². The lowest BCUT2D eigenvalue weighted by Gasteiger charge is -2.15. The SMILES string of the molecule is C=NC1CCC(Oc2cccc(Cn3cc(C(CCO)c4cc(N)nc5[nH]nnc45)cn3)c2)C1. The van der Waals surface area contributed by atoms with E-state index in [1.807, 2.05) is 29.2 Å². The zero-order valence-corrected chi connectivity index (χ0v) is 18.8. The number of rotatable bonds is 9. The molecule has 3 atom stereocenters. The summed E-state index contributed by atoms with van der Waals surface area (Å²) in [4.78, 5) is 8.39. The Kier molecular flexibility index (Phi) is 6.22. The average molecular weight is 461 g/mol. The van der Waals surface area contributed by atoms with Crippen LogP contribution in [0.25, 0.3) is 11.2 Å². The van der Waals surface area contributed by atoms with Crippen LogP contribution in [0.15, 0.2) is 47.7 Å². The number of nitrogens with two attached hydrogens (primary N) is 1. The van der Waals surface area contributed by atoms with Gasteiger partial charge in [-0.1, -0.05) is 17.3 Å². The summed E-state index contributed by atoms with van der Waals surface area (Å²) < 4.78 is 8.07. The molecule has 1 aliphatic carbocycles. The van der Waals surface area contributed by atoms with Gasteiger partial charge < -0.3 is 15.6 Å². The highest BCUT2D eigenvalue weighted by molar-refractivity contribution is 5.77. The molecular formula is C24H28N8O2. The molecule has 1 aliphatic rings. The third-order valence-corrected chi connectivity index (χ3v) is 6.36. The fourth-order valence-electron chi connectivity index (χ4n) is 4.71. The number of hydrogen-bond donors (Lipinski definition) is 3. The summed E-state index contributed by atoms with van der Waals surface area (Å²) in [5.41, 5.74) is 10.1. The fourth-order valence-corrected chi connectivity index (χ4v) is 4.71. The number of aliphatic hydroxyl groups is 1. The van der Waals surface area contributed by atoms with Crippen LogP contribution in [0.4, 0.5) is 5.82 Å². The maximum Gasteiger partial charge on any atom is 0.178 e. The molecule has 0 spiro atoms. The molecular weight excluding hydrogens is 432 g/mol. The molecule has 4 N–H and O–H groups in total. The number of hydrogen-bond acceptors (Lipinski definition) is 8. The summed E-state index contributed by atoms with van der Waals surface area (Å²) in [5, 5.41) is 25.1. The predicted molar refractivity (Wildman–Crippen MR) is 129 cm³/mol. The first-order valence-corrected chi connectivity index (χ1v) is 11.4. The molecule has 0 amide bonds. The normalized spacial score (nSPS) is 18.9. The molecule has 176 valence electrons. The summed E-state index contributed by atoms with van der Waals surface area (Å²) >= 11 is 0. The fraction of sp³-hybridized carbons (Fsp3) is 0.375. The van der Waals surface area contributed by atoms with Crippen molar-refractivity contribution in [3.63, 3.8) is 0 Å². The lowest BCUT2D eigenvalue weighted by molar-refractivity contribution is 0.208. The van der Waals surface area contributed by atoms with Crippen LogP contribution in [0, 0.1) is 0 Å². The van der Waals surface area contributed by atoms with Crippen molar-refractivity contribution in [2.75, 3.05) is 12.3 Å². The highest BCUT2D eigenvalue weighted by Crippen LogP contribution is 2.32. The largest absolute Gasteiger partial charge is 0.490 e. The molecule has 1 aromatic carbocycles. The van der Waals surface area contributed by atoms with E-state index in [1.165, 1.54) is 0 Å². The number of nitrogens with one attached hydrogen (secondary N) is 1. The van der Waals surface area contributed by atoms with Crippen LogP contribution in [-0.2, 0) is 6.54 Å². The van der Waals surface area contributed by atoms with Gasteiger partial charge in [-0.25, -0.2) is 10.1 Å². The van der Waals surface area contributed by atoms with Crippen molar-refractivity contribution in [1.82, 2.24) is 30.2 Å². The molecule has 3 unspecified atom stereocenters. The van der Waals surface area contributed by atoms with Crippen molar-refractivity contribution in [3.8, 4) is 5.75 Å². The minimum Gasteiger partial charge on any atom is -0.490 e. The molecule has 4 aromatic rings. The Morgan fingerprint density at radius 1 is 1.32 bits per heavy atom. The Morgan fingerprint density at radius 3 is 3.06 bits per heavy atom. The van der Waals surface area contributed by atoms with Gasteiger partial charge in [-0.05, 0) is 60.9 Å². The number of aliphatic imine (C=N–C) groups is 1. The van der Waals surface area contributed by atoms with Crippen LogP contribution < -0.4 is 10.5 Å². The zero-order valence-electron chi connectivity index (χ0n) is 18.8. The summed E-state index contributed by atoms with van der Waals surface area (Å²) in [6.45, 7) is 4.27. The molecule has 0 aliphatic heterocycles. The first-order valence-electron chi connectivity index (χ1n) is 11.4. The van der Waals surface area contributed by atoms with E-state index in [1.54, 1.807) is 6.07 Å². The van der Waals surface area contributed by atoms with Crippen LogP contribution in [-0.4, -0.2) is 60.8 Å². The average Bonchev–Trinajstić information content (AvgIpc) is 3.58. The van der Waals surface area contributed by atoms with Gasteiger partial charge in [-0.2, -0.15) is 5.10 Å². The van der Waals surface area contributed by atoms with Crippen molar-refractivity contribution in [2.45, 2.75) is 50.3 Å². The smallest absolute Gasteiger partial charge is 0.178 e. The van der Waals surface area contributed by atoms with Crippen molar-refractivity contribution >= 4 is 23.7 Å². The van der Waals surface area contributed by atoms with Gasteiger partial charge in [0.15, 0.2) is 5.65 Å². The standard InChI is InChI=1S/C24H28N8O2/c1-26-17-5-6-19(10-17)34-18-4-2-3-15(9-18)13-32-14-16(12-27-32)20(7-8-33)21-11-22(25)28-24-23(21)29-31-30-24/h2-4,9,11-12,14,17,19-20,33H,1,5-8,10,13H2,(H3,25,28,29,30,31). The lowest BCUT2D eigenvalue weighted by atomic mass is 9.90. The second-order valence-corrected chi connectivity index (χ2v) is 8.72. The van der Waals surface area contributed by atoms with E-state index in [0.29, 0.717) is 36.0 Å². The van der Waals surface area contributed by atoms with Gasteiger partial charge in [0.1, 0.15) is 23.2 Å². The monoisotopic (exact) mass is 460 g/mol. The minimum absolute atomic E-state index is 0.0141. The summed E-state index contributed by atoms with van der Waals surface area (Å²) in [5.74, 6) is 1.09. The zero-order chi connectivity index (χ0) is 23.5. The molecule has 1 saturated carbocycles. The van der Waals surface area contributed by atoms with Gasteiger partial charge in [-0.15, -0.1) is 5.10 Å². The number of ether oxygens (including phenoxy) is 1. The van der Waals surface area contributed by atoms with E-state index >= 15 is 0 Å². The molecule has 0 bridgehead atoms. The number of aliphatic hydroxyl groups excluding tert-OH is 1. The van der Waals surface area contributed by atoms with Gasteiger partial charge in [0, 0.05) is 25.1 Å². The highest BCUT2D eigenvalue weighted by Gasteiger charge is 2.25. The van der Waals surface area contributed by atoms with Crippen molar-refractivity contribution in [2.24, 2.45) is 4.99 Å². The molecule has 10 heteroatoms. The summed E-state index contributed by atoms with van der Waals surface area (Å²) in [7, 11) is 0. The molecule has 5 rings (SSSR count). The molecule has 34 heavy (non-hydrogen) atoms. The molecule has 3 heterocycles. The van der Waals surface area contributed by atoms with Crippen LogP contribution in [0.2, 0.25) is 0 Å². The first-order chi connectivity index (χ1) is 16.6. The van der Waals surface area contributed by atoms with Gasteiger partial charge in [0.2, 0.25) is 0 Å². The van der Waals surface area contributed by atoms with E-state index in [-0.39, 0.29) is 18.6 Å². The number of aromatic nitrogens is 6. The summed E-state index contributed by atoms with van der Waals surface area (Å²) in [6.07, 6.45) is 7.45. The highest BCUT2D eigenvalue weighted by atomic mass is 16.5. The van der Waals surface area contributed by atoms with Crippen LogP contribution in [0.3, 0.4) is 0 Å². The number of aromatic amines is 1. The number of fused-ring (bicyclic) bond motifs is 1. The lowest BCUT2D eigenvalue weighted by Crippen LogP contribution is -2.13. The Morgan fingerprint density at radius 2 is 2.24 bits per heavy atom. The van der Waals surface area contributed by atoms with Gasteiger partial charge >= 0.3 is 0 Å². The van der Waals surface area contributed by atoms with Crippen LogP contribution in [0.1, 0.15) is 48.3 Å². The minimum atomic E-state index is -0.139. The van der Waals surface area contributed by atoms with Crippen LogP contribution >= 0.6 is 0 Å². The van der Waals surface area contributed by atoms with Crippen molar-refractivity contribution in [1.29, 1.82) is 0 Å². The predicted octanol–water partition coefficient (Wildman–Crippen LogP) is 2.69. The van der Waals surface area contributed by atoms with Crippen molar-refractivity contribution < 1.29 is 9.84 Å². The number of nitrogens with zero attached hydrogens (tertiary/aromatic N) is 6. The Hall–Kier alpha value is -3.79. The maximum atomic E-state index is 9.73. The van der Waals surface area contributed by atoms with Gasteiger partial charge in [0.25, 0.3) is 0 Å². The quantitative estimate of drug-likeness (QED) is 0.326.